The summed E-state index contributed by atoms with van der Waals surface area (Å²) in [5.41, 5.74) is 0.543. The Hall–Kier alpha value is -1.00. The smallest absolute Gasteiger partial charge is 0.150 e. The average Bonchev–Trinajstić information content (AvgIpc) is 2.74. The third-order valence-electron chi connectivity index (χ3n) is 3.34. The second kappa shape index (κ2) is 4.70. The molecule has 2 heterocycles. The summed E-state index contributed by atoms with van der Waals surface area (Å²) in [5, 5.41) is 4.44. The second-order valence-corrected chi connectivity index (χ2v) is 5.71. The molecule has 0 atom stereocenters. The van der Waals surface area contributed by atoms with Crippen molar-refractivity contribution in [3.63, 3.8) is 0 Å². The van der Waals surface area contributed by atoms with Gasteiger partial charge in [-0.3, -0.25) is 0 Å². The van der Waals surface area contributed by atoms with Gasteiger partial charge < -0.3 is 5.32 Å². The van der Waals surface area contributed by atoms with Crippen LogP contribution >= 0.6 is 11.3 Å². The van der Waals surface area contributed by atoms with Gasteiger partial charge in [-0.15, -0.1) is 11.3 Å². The highest BCUT2D eigenvalue weighted by atomic mass is 32.1. The average molecular weight is 250 g/mol. The molecule has 0 aliphatic carbocycles. The minimum atomic E-state index is -0.199. The highest BCUT2D eigenvalue weighted by molar-refractivity contribution is 7.18. The molecule has 2 aromatic rings. The van der Waals surface area contributed by atoms with Gasteiger partial charge in [0.1, 0.15) is 11.3 Å². The molecule has 1 aliphatic heterocycles. The van der Waals surface area contributed by atoms with E-state index < -0.39 is 0 Å². The summed E-state index contributed by atoms with van der Waals surface area (Å²) in [6.07, 6.45) is 3.41. The fraction of sp³-hybridized carbons (Fsp3) is 0.462. The zero-order valence-electron chi connectivity index (χ0n) is 9.58. The lowest BCUT2D eigenvalue weighted by Crippen LogP contribution is -2.28. The molecule has 2 nitrogen and oxygen atoms in total. The molecule has 1 aromatic heterocycles. The van der Waals surface area contributed by atoms with E-state index in [-0.39, 0.29) is 5.82 Å². The summed E-state index contributed by atoms with van der Waals surface area (Å²) in [4.78, 5) is 4.43. The van der Waals surface area contributed by atoms with Gasteiger partial charge in [0.05, 0.1) is 9.71 Å². The molecule has 0 unspecified atom stereocenters. The summed E-state index contributed by atoms with van der Waals surface area (Å²) in [6.45, 7) is 2.20. The van der Waals surface area contributed by atoms with E-state index >= 15 is 0 Å². The molecule has 0 saturated carbocycles. The highest BCUT2D eigenvalue weighted by Crippen LogP contribution is 2.27. The van der Waals surface area contributed by atoms with Crippen molar-refractivity contribution in [1.82, 2.24) is 10.3 Å². The van der Waals surface area contributed by atoms with Gasteiger partial charge in [-0.1, -0.05) is 6.07 Å². The summed E-state index contributed by atoms with van der Waals surface area (Å²) in [7, 11) is 0. The van der Waals surface area contributed by atoms with Crippen molar-refractivity contribution in [3.8, 4) is 0 Å². The first-order chi connectivity index (χ1) is 8.33. The molecule has 0 amide bonds. The van der Waals surface area contributed by atoms with Crippen LogP contribution in [0, 0.1) is 11.7 Å². The number of nitrogens with one attached hydrogen (secondary N) is 1. The number of benzene rings is 1. The van der Waals surface area contributed by atoms with Crippen molar-refractivity contribution in [3.05, 3.63) is 29.0 Å². The minimum absolute atomic E-state index is 0.199. The van der Waals surface area contributed by atoms with E-state index in [2.05, 4.69) is 10.3 Å². The number of halogens is 1. The number of para-hydroxylation sites is 1. The van der Waals surface area contributed by atoms with Crippen LogP contribution in [0.2, 0.25) is 0 Å². The van der Waals surface area contributed by atoms with Crippen LogP contribution < -0.4 is 5.32 Å². The maximum absolute atomic E-state index is 13.5. The van der Waals surface area contributed by atoms with Gasteiger partial charge in [0.2, 0.25) is 0 Å². The maximum Gasteiger partial charge on any atom is 0.150 e. The quantitative estimate of drug-likeness (QED) is 0.886. The molecule has 90 valence electrons. The predicted octanol–water partition coefficient (Wildman–Crippen LogP) is 2.98. The Kier molecular flexibility index (Phi) is 3.07. The van der Waals surface area contributed by atoms with Gasteiger partial charge in [-0.05, 0) is 44.0 Å². The van der Waals surface area contributed by atoms with E-state index in [1.54, 1.807) is 17.4 Å². The highest BCUT2D eigenvalue weighted by Gasteiger charge is 2.16. The van der Waals surface area contributed by atoms with Crippen LogP contribution in [0.3, 0.4) is 0 Å². The normalized spacial score (nSPS) is 17.7. The Balaban J connectivity index is 1.83. The van der Waals surface area contributed by atoms with Crippen LogP contribution in [-0.2, 0) is 6.42 Å². The van der Waals surface area contributed by atoms with E-state index in [0.29, 0.717) is 11.4 Å². The number of thiazole rings is 1. The maximum atomic E-state index is 13.5. The van der Waals surface area contributed by atoms with Crippen LogP contribution in [0.4, 0.5) is 4.39 Å². The fourth-order valence-corrected chi connectivity index (χ4v) is 3.48. The second-order valence-electron chi connectivity index (χ2n) is 4.59. The van der Waals surface area contributed by atoms with Crippen LogP contribution in [0.1, 0.15) is 17.8 Å². The van der Waals surface area contributed by atoms with Gasteiger partial charge in [0.25, 0.3) is 0 Å². The van der Waals surface area contributed by atoms with Crippen molar-refractivity contribution in [1.29, 1.82) is 0 Å². The Labute approximate surface area is 104 Å². The molecule has 1 N–H and O–H groups in total. The number of hydrogen-bond donors (Lipinski definition) is 1. The van der Waals surface area contributed by atoms with Gasteiger partial charge in [-0.2, -0.15) is 0 Å². The minimum Gasteiger partial charge on any atom is -0.317 e. The molecule has 1 saturated heterocycles. The zero-order chi connectivity index (χ0) is 11.7. The van der Waals surface area contributed by atoms with E-state index in [0.717, 1.165) is 29.2 Å². The lowest BCUT2D eigenvalue weighted by Gasteiger charge is -2.21. The molecule has 0 radical (unpaired) electrons. The topological polar surface area (TPSA) is 24.9 Å². The van der Waals surface area contributed by atoms with Crippen LogP contribution in [0.25, 0.3) is 10.2 Å². The van der Waals surface area contributed by atoms with Crippen LogP contribution in [-0.4, -0.2) is 18.1 Å². The van der Waals surface area contributed by atoms with Gasteiger partial charge >= 0.3 is 0 Å². The van der Waals surface area contributed by atoms with Crippen molar-refractivity contribution in [2.45, 2.75) is 19.3 Å². The monoisotopic (exact) mass is 250 g/mol. The van der Waals surface area contributed by atoms with Crippen molar-refractivity contribution in [2.75, 3.05) is 13.1 Å². The number of piperidine rings is 1. The Morgan fingerprint density at radius 3 is 2.94 bits per heavy atom. The third-order valence-corrected chi connectivity index (χ3v) is 4.38. The largest absolute Gasteiger partial charge is 0.317 e. The number of aromatic nitrogens is 1. The third kappa shape index (κ3) is 2.33. The van der Waals surface area contributed by atoms with Crippen LogP contribution in [0.15, 0.2) is 18.2 Å². The Morgan fingerprint density at radius 1 is 1.35 bits per heavy atom. The molecule has 17 heavy (non-hydrogen) atoms. The fourth-order valence-electron chi connectivity index (χ4n) is 2.38. The summed E-state index contributed by atoms with van der Waals surface area (Å²) in [6, 6.07) is 5.18. The first-order valence-corrected chi connectivity index (χ1v) is 6.89. The Bertz CT molecular complexity index is 517. The lowest BCUT2D eigenvalue weighted by molar-refractivity contribution is 0.372. The van der Waals surface area contributed by atoms with Crippen molar-refractivity contribution in [2.24, 2.45) is 5.92 Å². The first-order valence-electron chi connectivity index (χ1n) is 6.07. The molecular weight excluding hydrogens is 235 g/mol. The number of fused-ring (bicyclic) bond motifs is 1. The molecular formula is C13H15FN2S. The van der Waals surface area contributed by atoms with Gasteiger partial charge in [0.15, 0.2) is 0 Å². The van der Waals surface area contributed by atoms with E-state index in [1.807, 2.05) is 6.07 Å². The van der Waals surface area contributed by atoms with Crippen molar-refractivity contribution >= 4 is 21.6 Å². The molecule has 1 fully saturated rings. The van der Waals surface area contributed by atoms with Gasteiger partial charge in [0, 0.05) is 6.42 Å². The molecule has 3 rings (SSSR count). The van der Waals surface area contributed by atoms with Crippen LogP contribution in [0.5, 0.6) is 0 Å². The predicted molar refractivity (Wildman–Crippen MR) is 68.9 cm³/mol. The number of hydrogen-bond acceptors (Lipinski definition) is 3. The molecule has 1 aromatic carbocycles. The van der Waals surface area contributed by atoms with E-state index in [1.165, 1.54) is 18.9 Å². The summed E-state index contributed by atoms with van der Waals surface area (Å²) < 4.78 is 14.5. The first kappa shape index (κ1) is 11.1. The SMILES string of the molecule is Fc1cccc2sc(CC3CCNCC3)nc12. The van der Waals surface area contributed by atoms with Gasteiger partial charge in [-0.25, -0.2) is 9.37 Å². The lowest BCUT2D eigenvalue weighted by atomic mass is 9.95. The Morgan fingerprint density at radius 2 is 2.18 bits per heavy atom. The summed E-state index contributed by atoms with van der Waals surface area (Å²) in [5.74, 6) is 0.509. The number of rotatable bonds is 2. The molecule has 4 heteroatoms. The van der Waals surface area contributed by atoms with E-state index in [9.17, 15) is 4.39 Å². The number of nitrogens with zero attached hydrogens (tertiary/aromatic N) is 1. The standard InChI is InChI=1S/C13H15FN2S/c14-10-2-1-3-11-13(10)16-12(17-11)8-9-4-6-15-7-5-9/h1-3,9,15H,4-8H2. The molecule has 1 aliphatic rings. The molecule has 0 bridgehead atoms. The molecule has 0 spiro atoms. The van der Waals surface area contributed by atoms with E-state index in [4.69, 9.17) is 0 Å². The zero-order valence-corrected chi connectivity index (χ0v) is 10.4. The van der Waals surface area contributed by atoms with Crippen molar-refractivity contribution < 1.29 is 4.39 Å². The summed E-state index contributed by atoms with van der Waals surface area (Å²) >= 11 is 1.63.